The maximum absolute atomic E-state index is 12.2. The summed E-state index contributed by atoms with van der Waals surface area (Å²) >= 11 is 0. The third-order valence-corrected chi connectivity index (χ3v) is 3.75. The van der Waals surface area contributed by atoms with Gasteiger partial charge in [-0.3, -0.25) is 4.79 Å². The molecule has 0 fully saturated rings. The highest BCUT2D eigenvalue weighted by Crippen LogP contribution is 2.11. The van der Waals surface area contributed by atoms with Crippen molar-refractivity contribution in [2.24, 2.45) is 0 Å². The Balaban J connectivity index is 1.68. The second kappa shape index (κ2) is 6.39. The molecule has 1 heterocycles. The topological polar surface area (TPSA) is 33.0 Å². The molecule has 3 heteroatoms. The normalized spacial score (nSPS) is 12.0. The van der Waals surface area contributed by atoms with Crippen LogP contribution in [0, 0.1) is 0 Å². The Labute approximate surface area is 130 Å². The van der Waals surface area contributed by atoms with E-state index >= 15 is 0 Å². The standard InChI is InChI=1S/C19H18N2O/c1-15(16-7-3-2-4-8-16)20-19(22)14-21-12-11-17-9-5-6-10-18(17)13-21/h2-13,15H,14H2,1H3/p+1/t15-/m1/s1. The average molecular weight is 291 g/mol. The van der Waals surface area contributed by atoms with Gasteiger partial charge in [0.05, 0.1) is 6.04 Å². The van der Waals surface area contributed by atoms with Crippen molar-refractivity contribution in [3.8, 4) is 0 Å². The Bertz CT molecular complexity index is 784. The van der Waals surface area contributed by atoms with Crippen molar-refractivity contribution in [3.63, 3.8) is 0 Å². The first kappa shape index (κ1) is 14.3. The Hall–Kier alpha value is -2.68. The zero-order valence-corrected chi connectivity index (χ0v) is 12.6. The summed E-state index contributed by atoms with van der Waals surface area (Å²) in [5.41, 5.74) is 1.11. The molecule has 110 valence electrons. The number of hydrogen-bond donors (Lipinski definition) is 1. The molecule has 0 aliphatic rings. The molecule has 0 unspecified atom stereocenters. The minimum absolute atomic E-state index is 0.00903. The largest absolute Gasteiger partial charge is 0.344 e. The van der Waals surface area contributed by atoms with E-state index in [0.717, 1.165) is 10.9 Å². The number of carbonyl (C=O) groups excluding carboxylic acids is 1. The number of fused-ring (bicyclic) bond motifs is 1. The van der Waals surface area contributed by atoms with Crippen LogP contribution in [0.2, 0.25) is 0 Å². The zero-order valence-electron chi connectivity index (χ0n) is 12.6. The molecule has 0 aliphatic heterocycles. The van der Waals surface area contributed by atoms with E-state index in [2.05, 4.69) is 17.4 Å². The van der Waals surface area contributed by atoms with Crippen LogP contribution in [0.1, 0.15) is 18.5 Å². The van der Waals surface area contributed by atoms with Crippen LogP contribution in [0.25, 0.3) is 10.8 Å². The summed E-state index contributed by atoms with van der Waals surface area (Å²) in [6.45, 7) is 2.32. The van der Waals surface area contributed by atoms with Gasteiger partial charge in [0, 0.05) is 11.5 Å². The number of nitrogens with one attached hydrogen (secondary N) is 1. The van der Waals surface area contributed by atoms with Gasteiger partial charge in [-0.25, -0.2) is 0 Å². The lowest BCUT2D eigenvalue weighted by Gasteiger charge is -2.12. The molecule has 0 spiro atoms. The summed E-state index contributed by atoms with van der Waals surface area (Å²) in [5, 5.41) is 5.34. The quantitative estimate of drug-likeness (QED) is 0.736. The van der Waals surface area contributed by atoms with E-state index in [0.29, 0.717) is 6.54 Å². The van der Waals surface area contributed by atoms with Gasteiger partial charge in [-0.1, -0.05) is 48.5 Å². The Morgan fingerprint density at radius 2 is 1.68 bits per heavy atom. The SMILES string of the molecule is C[C@@H](NC(=O)C[n+]1ccc2ccccc2c1)c1ccccc1. The number of aromatic nitrogens is 1. The molecule has 3 aromatic rings. The van der Waals surface area contributed by atoms with Gasteiger partial charge in [0.1, 0.15) is 0 Å². The van der Waals surface area contributed by atoms with Crippen molar-refractivity contribution in [1.82, 2.24) is 5.32 Å². The lowest BCUT2D eigenvalue weighted by molar-refractivity contribution is -0.683. The number of rotatable bonds is 4. The predicted molar refractivity (Wildman–Crippen MR) is 87.1 cm³/mol. The van der Waals surface area contributed by atoms with E-state index in [1.54, 1.807) is 0 Å². The zero-order chi connectivity index (χ0) is 15.4. The van der Waals surface area contributed by atoms with E-state index in [9.17, 15) is 4.79 Å². The molecule has 1 N–H and O–H groups in total. The lowest BCUT2D eigenvalue weighted by Crippen LogP contribution is -2.43. The molecular weight excluding hydrogens is 272 g/mol. The number of hydrogen-bond acceptors (Lipinski definition) is 1. The van der Waals surface area contributed by atoms with Crippen LogP contribution in [-0.4, -0.2) is 5.91 Å². The van der Waals surface area contributed by atoms with Crippen LogP contribution >= 0.6 is 0 Å². The maximum Gasteiger partial charge on any atom is 0.286 e. The number of amides is 1. The Morgan fingerprint density at radius 3 is 2.45 bits per heavy atom. The van der Waals surface area contributed by atoms with Crippen molar-refractivity contribution in [2.45, 2.75) is 19.5 Å². The first-order chi connectivity index (χ1) is 10.7. The van der Waals surface area contributed by atoms with Gasteiger partial charge in [0.25, 0.3) is 5.91 Å². The van der Waals surface area contributed by atoms with E-state index in [1.165, 1.54) is 5.39 Å². The van der Waals surface area contributed by atoms with Gasteiger partial charge in [-0.05, 0) is 23.9 Å². The van der Waals surface area contributed by atoms with Gasteiger partial charge in [0.2, 0.25) is 6.54 Å². The number of nitrogens with zero attached hydrogens (tertiary/aromatic N) is 1. The summed E-state index contributed by atoms with van der Waals surface area (Å²) in [7, 11) is 0. The van der Waals surface area contributed by atoms with Gasteiger partial charge < -0.3 is 5.32 Å². The van der Waals surface area contributed by atoms with Crippen LogP contribution in [0.4, 0.5) is 0 Å². The van der Waals surface area contributed by atoms with Gasteiger partial charge in [-0.2, -0.15) is 4.57 Å². The van der Waals surface area contributed by atoms with Crippen LogP contribution < -0.4 is 9.88 Å². The summed E-state index contributed by atoms with van der Waals surface area (Å²) in [6, 6.07) is 20.2. The molecule has 0 bridgehead atoms. The second-order valence-corrected chi connectivity index (χ2v) is 5.45. The minimum Gasteiger partial charge on any atom is -0.344 e. The average Bonchev–Trinajstić information content (AvgIpc) is 2.55. The fourth-order valence-corrected chi connectivity index (χ4v) is 2.55. The first-order valence-electron chi connectivity index (χ1n) is 7.44. The highest BCUT2D eigenvalue weighted by Gasteiger charge is 2.13. The molecule has 3 nitrogen and oxygen atoms in total. The predicted octanol–water partition coefficient (Wildman–Crippen LogP) is 3.00. The minimum atomic E-state index is 0.00903. The number of pyridine rings is 1. The van der Waals surface area contributed by atoms with Crippen molar-refractivity contribution < 1.29 is 9.36 Å². The van der Waals surface area contributed by atoms with Gasteiger partial charge in [0.15, 0.2) is 12.4 Å². The van der Waals surface area contributed by atoms with E-state index in [-0.39, 0.29) is 11.9 Å². The molecule has 0 saturated carbocycles. The molecule has 1 amide bonds. The van der Waals surface area contributed by atoms with Crippen LogP contribution in [0.3, 0.4) is 0 Å². The Morgan fingerprint density at radius 1 is 1.00 bits per heavy atom. The van der Waals surface area contributed by atoms with E-state index < -0.39 is 0 Å². The van der Waals surface area contributed by atoms with Crippen molar-refractivity contribution in [2.75, 3.05) is 0 Å². The summed E-state index contributed by atoms with van der Waals surface area (Å²) < 4.78 is 1.91. The second-order valence-electron chi connectivity index (χ2n) is 5.45. The molecule has 0 radical (unpaired) electrons. The molecule has 1 aromatic heterocycles. The fourth-order valence-electron chi connectivity index (χ4n) is 2.55. The molecule has 1 atom stereocenters. The maximum atomic E-state index is 12.2. The lowest BCUT2D eigenvalue weighted by atomic mass is 10.1. The van der Waals surface area contributed by atoms with E-state index in [1.807, 2.05) is 72.4 Å². The highest BCUT2D eigenvalue weighted by atomic mass is 16.2. The van der Waals surface area contributed by atoms with Gasteiger partial charge in [-0.15, -0.1) is 0 Å². The van der Waals surface area contributed by atoms with Crippen LogP contribution in [-0.2, 0) is 11.3 Å². The van der Waals surface area contributed by atoms with Crippen LogP contribution in [0.5, 0.6) is 0 Å². The highest BCUT2D eigenvalue weighted by molar-refractivity contribution is 5.80. The third-order valence-electron chi connectivity index (χ3n) is 3.75. The first-order valence-corrected chi connectivity index (χ1v) is 7.44. The smallest absolute Gasteiger partial charge is 0.286 e. The van der Waals surface area contributed by atoms with Crippen molar-refractivity contribution in [3.05, 3.63) is 78.6 Å². The number of benzene rings is 2. The third kappa shape index (κ3) is 3.31. The molecule has 0 saturated heterocycles. The number of carbonyl (C=O) groups is 1. The molecule has 3 rings (SSSR count). The molecule has 22 heavy (non-hydrogen) atoms. The van der Waals surface area contributed by atoms with Crippen LogP contribution in [0.15, 0.2) is 73.1 Å². The van der Waals surface area contributed by atoms with Crippen molar-refractivity contribution >= 4 is 16.7 Å². The summed E-state index contributed by atoms with van der Waals surface area (Å²) in [4.78, 5) is 12.2. The Kier molecular flexibility index (Phi) is 4.15. The monoisotopic (exact) mass is 291 g/mol. The molecule has 2 aromatic carbocycles. The van der Waals surface area contributed by atoms with Crippen molar-refractivity contribution in [1.29, 1.82) is 0 Å². The summed E-state index contributed by atoms with van der Waals surface area (Å²) in [6.07, 6.45) is 3.94. The molecule has 0 aliphatic carbocycles. The molecular formula is C19H19N2O+. The van der Waals surface area contributed by atoms with E-state index in [4.69, 9.17) is 0 Å². The fraction of sp³-hybridized carbons (Fsp3) is 0.158. The van der Waals surface area contributed by atoms with Gasteiger partial charge >= 0.3 is 0 Å². The summed E-state index contributed by atoms with van der Waals surface area (Å²) in [5.74, 6) is 0.0108.